The van der Waals surface area contributed by atoms with Gasteiger partial charge >= 0.3 is 5.97 Å². The number of fused-ring (bicyclic) bond motifs is 3. The van der Waals surface area contributed by atoms with E-state index in [1.54, 1.807) is 22.8 Å². The number of nitrogens with zero attached hydrogens (tertiary/aromatic N) is 2. The number of aromatic nitrogens is 2. The summed E-state index contributed by atoms with van der Waals surface area (Å²) in [4.78, 5) is 31.5. The number of thiophene rings is 1. The Kier molecular flexibility index (Phi) is 5.06. The van der Waals surface area contributed by atoms with Crippen LogP contribution in [0.4, 0.5) is 0 Å². The minimum absolute atomic E-state index is 0.0525. The summed E-state index contributed by atoms with van der Waals surface area (Å²) in [5, 5.41) is 9.84. The van der Waals surface area contributed by atoms with Crippen LogP contribution in [-0.4, -0.2) is 25.9 Å². The monoisotopic (exact) mass is 400 g/mol. The Bertz CT molecular complexity index is 1060. The van der Waals surface area contributed by atoms with E-state index in [1.807, 2.05) is 30.3 Å². The van der Waals surface area contributed by atoms with Crippen molar-refractivity contribution in [2.75, 3.05) is 0 Å². The summed E-state index contributed by atoms with van der Waals surface area (Å²) >= 11 is 2.72. The number of aryl methyl sites for hydroxylation is 2. The standard InChI is InChI=1S/C20H20N2O3S2/c1-12(19(24)25)26-20-21-17-16(14-9-5-6-10-15(14)27-17)18(23)22(20)11-13-7-3-2-4-8-13/h2-4,7-8,12H,5-6,9-11H2,1H3,(H,24,25)/t12-/m0/s1. The molecule has 0 fully saturated rings. The lowest BCUT2D eigenvalue weighted by molar-refractivity contribution is -0.136. The van der Waals surface area contributed by atoms with Crippen molar-refractivity contribution in [1.82, 2.24) is 9.55 Å². The maximum absolute atomic E-state index is 13.4. The van der Waals surface area contributed by atoms with Gasteiger partial charge in [-0.3, -0.25) is 14.2 Å². The van der Waals surface area contributed by atoms with Gasteiger partial charge in [0, 0.05) is 4.88 Å². The average molecular weight is 401 g/mol. The SMILES string of the molecule is C[C@H](Sc1nc2sc3c(c2c(=O)n1Cc1ccccc1)CCCC3)C(=O)O. The number of thioether (sulfide) groups is 1. The highest BCUT2D eigenvalue weighted by atomic mass is 32.2. The van der Waals surface area contributed by atoms with E-state index in [4.69, 9.17) is 4.98 Å². The van der Waals surface area contributed by atoms with Crippen LogP contribution in [0.1, 0.15) is 35.8 Å². The van der Waals surface area contributed by atoms with Crippen LogP contribution in [0.2, 0.25) is 0 Å². The highest BCUT2D eigenvalue weighted by molar-refractivity contribution is 8.00. The first kappa shape index (κ1) is 18.3. The molecule has 2 heterocycles. The highest BCUT2D eigenvalue weighted by Gasteiger charge is 2.24. The molecule has 1 aromatic carbocycles. The highest BCUT2D eigenvalue weighted by Crippen LogP contribution is 2.35. The van der Waals surface area contributed by atoms with E-state index in [0.717, 1.165) is 58.8 Å². The maximum atomic E-state index is 13.4. The van der Waals surface area contributed by atoms with Crippen molar-refractivity contribution < 1.29 is 9.90 Å². The number of hydrogen-bond acceptors (Lipinski definition) is 5. The molecule has 0 amide bonds. The molecular formula is C20H20N2O3S2. The second-order valence-electron chi connectivity index (χ2n) is 6.76. The molecule has 140 valence electrons. The Labute approximate surface area is 165 Å². The molecule has 0 radical (unpaired) electrons. The van der Waals surface area contributed by atoms with Crippen molar-refractivity contribution in [2.24, 2.45) is 0 Å². The molecule has 0 saturated carbocycles. The van der Waals surface area contributed by atoms with Crippen molar-refractivity contribution in [3.63, 3.8) is 0 Å². The van der Waals surface area contributed by atoms with Crippen LogP contribution in [0.25, 0.3) is 10.2 Å². The first-order valence-electron chi connectivity index (χ1n) is 9.03. The number of hydrogen-bond donors (Lipinski definition) is 1. The van der Waals surface area contributed by atoms with Crippen molar-refractivity contribution in [1.29, 1.82) is 0 Å². The molecule has 3 aromatic rings. The smallest absolute Gasteiger partial charge is 0.316 e. The predicted molar refractivity (Wildman–Crippen MR) is 109 cm³/mol. The van der Waals surface area contributed by atoms with Crippen molar-refractivity contribution in [3.8, 4) is 0 Å². The maximum Gasteiger partial charge on any atom is 0.316 e. The van der Waals surface area contributed by atoms with Crippen LogP contribution in [0.3, 0.4) is 0 Å². The largest absolute Gasteiger partial charge is 0.480 e. The van der Waals surface area contributed by atoms with E-state index in [-0.39, 0.29) is 5.56 Å². The Morgan fingerprint density at radius 2 is 2.04 bits per heavy atom. The Balaban J connectivity index is 1.89. The molecule has 4 rings (SSSR count). The molecule has 1 N–H and O–H groups in total. The normalized spacial score (nSPS) is 14.9. The lowest BCUT2D eigenvalue weighted by Crippen LogP contribution is -2.25. The number of carbonyl (C=O) groups is 1. The van der Waals surface area contributed by atoms with Crippen molar-refractivity contribution in [3.05, 3.63) is 56.7 Å². The molecular weight excluding hydrogens is 380 g/mol. The minimum Gasteiger partial charge on any atom is -0.480 e. The Morgan fingerprint density at radius 3 is 2.78 bits per heavy atom. The van der Waals surface area contributed by atoms with Crippen LogP contribution in [0.15, 0.2) is 40.3 Å². The van der Waals surface area contributed by atoms with E-state index in [0.29, 0.717) is 11.7 Å². The van der Waals surface area contributed by atoms with E-state index in [1.165, 1.54) is 4.88 Å². The van der Waals surface area contributed by atoms with Crippen LogP contribution < -0.4 is 5.56 Å². The van der Waals surface area contributed by atoms with Gasteiger partial charge < -0.3 is 5.11 Å². The van der Waals surface area contributed by atoms with E-state index in [2.05, 4.69) is 0 Å². The molecule has 27 heavy (non-hydrogen) atoms. The predicted octanol–water partition coefficient (Wildman–Crippen LogP) is 3.95. The average Bonchev–Trinajstić information content (AvgIpc) is 3.04. The summed E-state index contributed by atoms with van der Waals surface area (Å²) in [6, 6.07) is 9.74. The third-order valence-corrected chi connectivity index (χ3v) is 7.12. The summed E-state index contributed by atoms with van der Waals surface area (Å²) in [6.45, 7) is 2.01. The van der Waals surface area contributed by atoms with Gasteiger partial charge in [-0.25, -0.2) is 4.98 Å². The van der Waals surface area contributed by atoms with E-state index >= 15 is 0 Å². The van der Waals surface area contributed by atoms with Gasteiger partial charge in [-0.15, -0.1) is 11.3 Å². The first-order valence-corrected chi connectivity index (χ1v) is 10.7. The molecule has 1 aliphatic rings. The Hall–Kier alpha value is -2.12. The van der Waals surface area contributed by atoms with Gasteiger partial charge in [0.1, 0.15) is 10.1 Å². The molecule has 2 aromatic heterocycles. The van der Waals surface area contributed by atoms with Gasteiger partial charge in [-0.1, -0.05) is 42.1 Å². The number of rotatable bonds is 5. The fraction of sp³-hybridized carbons (Fsp3) is 0.350. The van der Waals surface area contributed by atoms with Gasteiger partial charge in [-0.05, 0) is 43.7 Å². The second-order valence-corrected chi connectivity index (χ2v) is 9.15. The molecule has 5 nitrogen and oxygen atoms in total. The molecule has 0 spiro atoms. The summed E-state index contributed by atoms with van der Waals surface area (Å²) in [5.74, 6) is -0.911. The fourth-order valence-corrected chi connectivity index (χ4v) is 5.57. The third-order valence-electron chi connectivity index (χ3n) is 4.85. The van der Waals surface area contributed by atoms with Crippen LogP contribution >= 0.6 is 23.1 Å². The topological polar surface area (TPSA) is 72.2 Å². The minimum atomic E-state index is -0.911. The lowest BCUT2D eigenvalue weighted by atomic mass is 9.97. The van der Waals surface area contributed by atoms with Gasteiger partial charge in [0.25, 0.3) is 5.56 Å². The summed E-state index contributed by atoms with van der Waals surface area (Å²) in [6.07, 6.45) is 4.18. The van der Waals surface area contributed by atoms with Gasteiger partial charge in [-0.2, -0.15) is 0 Å². The van der Waals surface area contributed by atoms with Gasteiger partial charge in [0.05, 0.1) is 11.9 Å². The lowest BCUT2D eigenvalue weighted by Gasteiger charge is -2.15. The molecule has 0 bridgehead atoms. The Morgan fingerprint density at radius 1 is 1.30 bits per heavy atom. The molecule has 0 aliphatic heterocycles. The number of carboxylic acid groups (broad SMARTS) is 1. The van der Waals surface area contributed by atoms with Crippen molar-refractivity contribution >= 4 is 39.3 Å². The molecule has 7 heteroatoms. The molecule has 1 aliphatic carbocycles. The molecule has 0 unspecified atom stereocenters. The number of carboxylic acids is 1. The summed E-state index contributed by atoms with van der Waals surface area (Å²) in [7, 11) is 0. The summed E-state index contributed by atoms with van der Waals surface area (Å²) < 4.78 is 1.64. The van der Waals surface area contributed by atoms with Gasteiger partial charge in [0.15, 0.2) is 5.16 Å². The summed E-state index contributed by atoms with van der Waals surface area (Å²) in [5.41, 5.74) is 2.10. The quantitative estimate of drug-likeness (QED) is 0.519. The van der Waals surface area contributed by atoms with E-state index < -0.39 is 11.2 Å². The number of aliphatic carboxylic acids is 1. The zero-order chi connectivity index (χ0) is 19.0. The third kappa shape index (κ3) is 3.53. The second kappa shape index (κ2) is 7.48. The van der Waals surface area contributed by atoms with Crippen LogP contribution in [-0.2, 0) is 24.2 Å². The van der Waals surface area contributed by atoms with Crippen LogP contribution in [0.5, 0.6) is 0 Å². The van der Waals surface area contributed by atoms with Gasteiger partial charge in [0.2, 0.25) is 0 Å². The molecule has 0 saturated heterocycles. The van der Waals surface area contributed by atoms with Crippen LogP contribution in [0, 0.1) is 0 Å². The first-order chi connectivity index (χ1) is 13.0. The number of benzene rings is 1. The fourth-order valence-electron chi connectivity index (χ4n) is 3.42. The van der Waals surface area contributed by atoms with Crippen molar-refractivity contribution in [2.45, 2.75) is 49.6 Å². The van der Waals surface area contributed by atoms with E-state index in [9.17, 15) is 14.7 Å². The zero-order valence-corrected chi connectivity index (χ0v) is 16.6. The zero-order valence-electron chi connectivity index (χ0n) is 15.0. The molecule has 1 atom stereocenters.